The van der Waals surface area contributed by atoms with Gasteiger partial charge in [-0.05, 0) is 60.9 Å². The van der Waals surface area contributed by atoms with Crippen LogP contribution in [0.15, 0.2) is 66.7 Å². The number of hydrogen-bond acceptors (Lipinski definition) is 6. The van der Waals surface area contributed by atoms with Crippen molar-refractivity contribution in [2.45, 2.75) is 45.8 Å². The van der Waals surface area contributed by atoms with Crippen LogP contribution >= 0.6 is 0 Å². The van der Waals surface area contributed by atoms with Gasteiger partial charge < -0.3 is 24.6 Å². The minimum Gasteiger partial charge on any atom is -0.486 e. The number of para-hydroxylation sites is 2. The lowest BCUT2D eigenvalue weighted by Gasteiger charge is -2.26. The van der Waals surface area contributed by atoms with Crippen LogP contribution in [0, 0.1) is 5.41 Å². The van der Waals surface area contributed by atoms with Gasteiger partial charge in [0.25, 0.3) is 0 Å². The number of nitrogens with zero attached hydrogens (tertiary/aromatic N) is 1. The number of ether oxygens (including phenoxy) is 3. The molecule has 8 heteroatoms. The number of carboxylic acid groups (broad SMARTS) is 1. The number of rotatable bonds is 12. The second kappa shape index (κ2) is 13.1. The molecule has 39 heavy (non-hydrogen) atoms. The number of nitrogens with one attached hydrogen (secondary N) is 1. The van der Waals surface area contributed by atoms with Crippen LogP contribution in [0.4, 0.5) is 5.69 Å². The molecule has 0 spiro atoms. The van der Waals surface area contributed by atoms with Crippen LogP contribution in [-0.4, -0.2) is 41.3 Å². The van der Waals surface area contributed by atoms with Gasteiger partial charge in [-0.1, -0.05) is 50.3 Å². The first-order valence-corrected chi connectivity index (χ1v) is 13.1. The minimum absolute atomic E-state index is 0.0681. The number of hydrogen-bond donors (Lipinski definition) is 2. The molecule has 0 bridgehead atoms. The number of aliphatic carboxylic acids is 1. The molecule has 0 aliphatic carbocycles. The second-order valence-corrected chi connectivity index (χ2v) is 9.54. The van der Waals surface area contributed by atoms with E-state index in [1.54, 1.807) is 19.9 Å². The first-order chi connectivity index (χ1) is 18.9. The third-order valence-electron chi connectivity index (χ3n) is 6.87. The van der Waals surface area contributed by atoms with E-state index in [1.165, 1.54) is 0 Å². The van der Waals surface area contributed by atoms with Gasteiger partial charge in [0.05, 0.1) is 30.0 Å². The summed E-state index contributed by atoms with van der Waals surface area (Å²) in [4.78, 5) is 29.0. The molecule has 8 nitrogen and oxygen atoms in total. The van der Waals surface area contributed by atoms with Gasteiger partial charge in [-0.15, -0.1) is 0 Å². The van der Waals surface area contributed by atoms with E-state index in [4.69, 9.17) is 14.2 Å². The van der Waals surface area contributed by atoms with Crippen molar-refractivity contribution < 1.29 is 28.9 Å². The largest absolute Gasteiger partial charge is 0.486 e. The molecule has 2 N–H and O–H groups in total. The van der Waals surface area contributed by atoms with Crippen LogP contribution in [0.1, 0.15) is 50.1 Å². The SMILES string of the molecule is CCC(CC)(CC(=O)Nc1cccc(/C=C/c2cccc(COCC3COc4ccccc4O3)n2)c1)C(=O)O. The molecular weight excluding hydrogens is 496 g/mol. The first kappa shape index (κ1) is 27.9. The molecule has 204 valence electrons. The molecule has 2 aromatic carbocycles. The minimum atomic E-state index is -1.05. The van der Waals surface area contributed by atoms with Crippen molar-refractivity contribution in [1.82, 2.24) is 4.98 Å². The Morgan fingerprint density at radius 1 is 1.05 bits per heavy atom. The zero-order chi connectivity index (χ0) is 27.7. The topological polar surface area (TPSA) is 107 Å². The van der Waals surface area contributed by atoms with Gasteiger partial charge in [-0.3, -0.25) is 14.6 Å². The highest BCUT2D eigenvalue weighted by Gasteiger charge is 2.37. The summed E-state index contributed by atoms with van der Waals surface area (Å²) in [6.45, 7) is 4.76. The lowest BCUT2D eigenvalue weighted by Crippen LogP contribution is -2.34. The number of amides is 1. The Hall–Kier alpha value is -4.17. The molecule has 0 radical (unpaired) electrons. The summed E-state index contributed by atoms with van der Waals surface area (Å²) < 4.78 is 17.5. The zero-order valence-electron chi connectivity index (χ0n) is 22.3. The second-order valence-electron chi connectivity index (χ2n) is 9.54. The third kappa shape index (κ3) is 7.45. The van der Waals surface area contributed by atoms with Crippen LogP contribution < -0.4 is 14.8 Å². The fourth-order valence-electron chi connectivity index (χ4n) is 4.40. The molecule has 1 unspecified atom stereocenters. The van der Waals surface area contributed by atoms with Crippen molar-refractivity contribution in [1.29, 1.82) is 0 Å². The molecule has 1 aliphatic rings. The average molecular weight is 531 g/mol. The lowest BCUT2D eigenvalue weighted by atomic mass is 9.79. The van der Waals surface area contributed by atoms with E-state index >= 15 is 0 Å². The number of carbonyl (C=O) groups excluding carboxylic acids is 1. The molecule has 1 aliphatic heterocycles. The summed E-state index contributed by atoms with van der Waals surface area (Å²) in [7, 11) is 0. The number of anilines is 1. The predicted molar refractivity (Wildman–Crippen MR) is 150 cm³/mol. The molecular formula is C31H34N2O6. The Labute approximate surface area is 228 Å². The quantitative estimate of drug-likeness (QED) is 0.303. The molecule has 4 rings (SSSR count). The van der Waals surface area contributed by atoms with E-state index in [1.807, 2.05) is 72.8 Å². The van der Waals surface area contributed by atoms with Gasteiger partial charge in [0.2, 0.25) is 5.91 Å². The monoisotopic (exact) mass is 530 g/mol. The third-order valence-corrected chi connectivity index (χ3v) is 6.87. The van der Waals surface area contributed by atoms with Gasteiger partial charge in [0.15, 0.2) is 17.6 Å². The van der Waals surface area contributed by atoms with Crippen molar-refractivity contribution in [3.05, 3.63) is 83.7 Å². The normalized spacial score (nSPS) is 14.8. The van der Waals surface area contributed by atoms with E-state index in [2.05, 4.69) is 10.3 Å². The van der Waals surface area contributed by atoms with E-state index < -0.39 is 11.4 Å². The maximum absolute atomic E-state index is 12.6. The maximum atomic E-state index is 12.6. The smallest absolute Gasteiger partial charge is 0.310 e. The predicted octanol–water partition coefficient (Wildman–Crippen LogP) is 5.83. The molecule has 2 heterocycles. The van der Waals surface area contributed by atoms with Crippen LogP contribution in [0.2, 0.25) is 0 Å². The van der Waals surface area contributed by atoms with E-state index in [0.29, 0.717) is 38.3 Å². The van der Waals surface area contributed by atoms with Gasteiger partial charge in [-0.2, -0.15) is 0 Å². The summed E-state index contributed by atoms with van der Waals surface area (Å²) in [5, 5.41) is 12.4. The Balaban J connectivity index is 1.30. The van der Waals surface area contributed by atoms with Crippen molar-refractivity contribution in [3.8, 4) is 11.5 Å². The number of carboxylic acids is 1. The fourth-order valence-corrected chi connectivity index (χ4v) is 4.40. The highest BCUT2D eigenvalue weighted by atomic mass is 16.6. The van der Waals surface area contributed by atoms with Crippen LogP contribution in [0.25, 0.3) is 12.2 Å². The van der Waals surface area contributed by atoms with Gasteiger partial charge in [-0.25, -0.2) is 0 Å². The summed E-state index contributed by atoms with van der Waals surface area (Å²) in [6, 6.07) is 20.7. The van der Waals surface area contributed by atoms with Crippen molar-refractivity contribution >= 4 is 29.7 Å². The average Bonchev–Trinajstić information content (AvgIpc) is 2.95. The van der Waals surface area contributed by atoms with Crippen molar-refractivity contribution in [2.24, 2.45) is 5.41 Å². The summed E-state index contributed by atoms with van der Waals surface area (Å²) in [5.74, 6) is 0.213. The molecule has 0 fully saturated rings. The van der Waals surface area contributed by atoms with E-state index in [9.17, 15) is 14.7 Å². The molecule has 1 aromatic heterocycles. The Kier molecular flexibility index (Phi) is 9.33. The maximum Gasteiger partial charge on any atom is 0.310 e. The first-order valence-electron chi connectivity index (χ1n) is 13.1. The lowest BCUT2D eigenvalue weighted by molar-refractivity contribution is -0.151. The molecule has 1 amide bonds. The van der Waals surface area contributed by atoms with Crippen LogP contribution in [0.3, 0.4) is 0 Å². The van der Waals surface area contributed by atoms with Crippen LogP contribution in [-0.2, 0) is 20.9 Å². The highest BCUT2D eigenvalue weighted by molar-refractivity contribution is 5.94. The number of carbonyl (C=O) groups is 2. The number of fused-ring (bicyclic) bond motifs is 1. The number of pyridine rings is 1. The fraction of sp³-hybridized carbons (Fsp3) is 0.323. The van der Waals surface area contributed by atoms with E-state index in [0.717, 1.165) is 28.5 Å². The van der Waals surface area contributed by atoms with E-state index in [-0.39, 0.29) is 18.4 Å². The molecule has 1 atom stereocenters. The Bertz CT molecular complexity index is 1320. The Morgan fingerprint density at radius 3 is 2.59 bits per heavy atom. The van der Waals surface area contributed by atoms with Gasteiger partial charge >= 0.3 is 5.97 Å². The molecule has 0 saturated heterocycles. The van der Waals surface area contributed by atoms with Gasteiger partial charge in [0, 0.05) is 12.1 Å². The molecule has 0 saturated carbocycles. The summed E-state index contributed by atoms with van der Waals surface area (Å²) >= 11 is 0. The number of benzene rings is 2. The highest BCUT2D eigenvalue weighted by Crippen LogP contribution is 2.32. The zero-order valence-corrected chi connectivity index (χ0v) is 22.3. The number of aromatic nitrogens is 1. The summed E-state index contributed by atoms with van der Waals surface area (Å²) in [5.41, 5.74) is 2.00. The Morgan fingerprint density at radius 2 is 1.82 bits per heavy atom. The van der Waals surface area contributed by atoms with Crippen molar-refractivity contribution in [3.63, 3.8) is 0 Å². The van der Waals surface area contributed by atoms with Gasteiger partial charge in [0.1, 0.15) is 6.61 Å². The van der Waals surface area contributed by atoms with Crippen LogP contribution in [0.5, 0.6) is 11.5 Å². The molecule has 3 aromatic rings. The van der Waals surface area contributed by atoms with Crippen molar-refractivity contribution in [2.75, 3.05) is 18.5 Å². The summed E-state index contributed by atoms with van der Waals surface area (Å²) in [6.07, 6.45) is 4.34. The standard InChI is InChI=1S/C31H34N2O6/c1-3-31(4-2,30(35)36)18-29(34)33-24-11-7-9-22(17-24)15-16-23-10-8-12-25(32-23)19-37-20-26-21-38-27-13-5-6-14-28(27)39-26/h5-17,26H,3-4,18-21H2,1-2H3,(H,33,34)(H,35,36)/b16-15+.